The van der Waals surface area contributed by atoms with Gasteiger partial charge in [0.25, 0.3) is 5.91 Å². The normalized spacial score (nSPS) is 15.5. The third-order valence-corrected chi connectivity index (χ3v) is 3.72. The summed E-state index contributed by atoms with van der Waals surface area (Å²) in [4.78, 5) is 24.0. The van der Waals surface area contributed by atoms with Gasteiger partial charge in [0.15, 0.2) is 0 Å². The van der Waals surface area contributed by atoms with Crippen LogP contribution in [0.2, 0.25) is 0 Å². The number of hydrogen-bond donors (Lipinski definition) is 1. The molecule has 0 aliphatic carbocycles. The first-order valence-electron chi connectivity index (χ1n) is 6.67. The lowest BCUT2D eigenvalue weighted by molar-refractivity contribution is -0.118. The van der Waals surface area contributed by atoms with Crippen molar-refractivity contribution in [3.05, 3.63) is 29.3 Å². The summed E-state index contributed by atoms with van der Waals surface area (Å²) in [7, 11) is -3.67. The van der Waals surface area contributed by atoms with Gasteiger partial charge in [0, 0.05) is 12.8 Å². The van der Waals surface area contributed by atoms with Gasteiger partial charge in [-0.25, -0.2) is 18.1 Å². The molecule has 22 heavy (non-hydrogen) atoms. The standard InChI is InChI=1S/C14H17N3O4S/c1-9-4-5-10(2)12(8-9)17-13(18)7-6-11(15-17)14(19)16-22(3,20)21/h4-5,8H,6-7H2,1-3H3,(H,16,19). The van der Waals surface area contributed by atoms with Gasteiger partial charge in [-0.05, 0) is 31.0 Å². The molecule has 0 unspecified atom stereocenters. The fraction of sp³-hybridized carbons (Fsp3) is 0.357. The van der Waals surface area contributed by atoms with Gasteiger partial charge in [0.2, 0.25) is 15.9 Å². The number of aryl methyl sites for hydroxylation is 2. The number of hydrogen-bond acceptors (Lipinski definition) is 5. The summed E-state index contributed by atoms with van der Waals surface area (Å²) < 4.78 is 24.1. The van der Waals surface area contributed by atoms with Gasteiger partial charge in [-0.15, -0.1) is 0 Å². The summed E-state index contributed by atoms with van der Waals surface area (Å²) in [6.07, 6.45) is 1.10. The molecule has 8 heteroatoms. The van der Waals surface area contributed by atoms with Crippen LogP contribution in [0.15, 0.2) is 23.3 Å². The van der Waals surface area contributed by atoms with E-state index < -0.39 is 15.9 Å². The van der Waals surface area contributed by atoms with E-state index in [0.717, 1.165) is 17.4 Å². The number of nitrogens with zero attached hydrogens (tertiary/aromatic N) is 2. The van der Waals surface area contributed by atoms with E-state index in [0.29, 0.717) is 5.69 Å². The lowest BCUT2D eigenvalue weighted by Crippen LogP contribution is -2.41. The molecular formula is C14H17N3O4S. The summed E-state index contributed by atoms with van der Waals surface area (Å²) in [6.45, 7) is 3.72. The van der Waals surface area contributed by atoms with Gasteiger partial charge < -0.3 is 0 Å². The van der Waals surface area contributed by atoms with E-state index in [9.17, 15) is 18.0 Å². The zero-order valence-corrected chi connectivity index (χ0v) is 13.4. The second kappa shape index (κ2) is 5.88. The average molecular weight is 323 g/mol. The molecule has 1 heterocycles. The summed E-state index contributed by atoms with van der Waals surface area (Å²) >= 11 is 0. The Morgan fingerprint density at radius 2 is 1.95 bits per heavy atom. The number of anilines is 1. The van der Waals surface area contributed by atoms with E-state index >= 15 is 0 Å². The minimum absolute atomic E-state index is 0.0194. The van der Waals surface area contributed by atoms with Crippen LogP contribution < -0.4 is 9.73 Å². The minimum Gasteiger partial charge on any atom is -0.273 e. The van der Waals surface area contributed by atoms with Crippen molar-refractivity contribution in [1.29, 1.82) is 0 Å². The van der Waals surface area contributed by atoms with Crippen LogP contribution in [0.1, 0.15) is 24.0 Å². The Labute approximate surface area is 129 Å². The molecule has 2 rings (SSSR count). The molecule has 0 spiro atoms. The molecule has 118 valence electrons. The zero-order chi connectivity index (χ0) is 16.5. The fourth-order valence-corrected chi connectivity index (χ4v) is 2.53. The topological polar surface area (TPSA) is 95.9 Å². The highest BCUT2D eigenvalue weighted by Crippen LogP contribution is 2.25. The van der Waals surface area contributed by atoms with Crippen LogP contribution in [-0.4, -0.2) is 32.2 Å². The smallest absolute Gasteiger partial charge is 0.273 e. The third kappa shape index (κ3) is 3.70. The lowest BCUT2D eigenvalue weighted by atomic mass is 10.1. The maximum Gasteiger partial charge on any atom is 0.280 e. The number of benzene rings is 1. The van der Waals surface area contributed by atoms with Crippen molar-refractivity contribution in [2.24, 2.45) is 5.10 Å². The summed E-state index contributed by atoms with van der Waals surface area (Å²) in [5, 5.41) is 5.21. The first-order valence-corrected chi connectivity index (χ1v) is 8.56. The van der Waals surface area contributed by atoms with Crippen molar-refractivity contribution in [3.63, 3.8) is 0 Å². The fourth-order valence-electron chi connectivity index (χ4n) is 2.08. The van der Waals surface area contributed by atoms with Crippen LogP contribution in [-0.2, 0) is 19.6 Å². The molecule has 0 radical (unpaired) electrons. The van der Waals surface area contributed by atoms with E-state index in [2.05, 4.69) is 5.10 Å². The summed E-state index contributed by atoms with van der Waals surface area (Å²) in [5.41, 5.74) is 2.41. The molecule has 1 aliphatic heterocycles. The largest absolute Gasteiger partial charge is 0.280 e. The Hall–Kier alpha value is -2.22. The molecule has 1 aromatic carbocycles. The Morgan fingerprint density at radius 3 is 2.59 bits per heavy atom. The maximum absolute atomic E-state index is 12.1. The molecule has 0 saturated carbocycles. The highest BCUT2D eigenvalue weighted by molar-refractivity contribution is 7.89. The highest BCUT2D eigenvalue weighted by atomic mass is 32.2. The molecule has 0 fully saturated rings. The van der Waals surface area contributed by atoms with Crippen molar-refractivity contribution in [2.45, 2.75) is 26.7 Å². The third-order valence-electron chi connectivity index (χ3n) is 3.17. The number of rotatable bonds is 3. The molecule has 1 aliphatic rings. The van der Waals surface area contributed by atoms with E-state index in [1.54, 1.807) is 6.07 Å². The van der Waals surface area contributed by atoms with Gasteiger partial charge in [-0.2, -0.15) is 5.10 Å². The Balaban J connectivity index is 2.38. The zero-order valence-electron chi connectivity index (χ0n) is 12.6. The highest BCUT2D eigenvalue weighted by Gasteiger charge is 2.27. The molecule has 0 aromatic heterocycles. The number of hydrazone groups is 1. The summed E-state index contributed by atoms with van der Waals surface area (Å²) in [6, 6.07) is 5.57. The second-order valence-corrected chi connectivity index (χ2v) is 6.99. The van der Waals surface area contributed by atoms with Crippen molar-refractivity contribution < 1.29 is 18.0 Å². The van der Waals surface area contributed by atoms with Crippen molar-refractivity contribution in [1.82, 2.24) is 4.72 Å². The number of carbonyl (C=O) groups is 2. The molecule has 2 amide bonds. The quantitative estimate of drug-likeness (QED) is 0.892. The molecule has 1 aromatic rings. The molecule has 7 nitrogen and oxygen atoms in total. The van der Waals surface area contributed by atoms with Crippen LogP contribution in [0.5, 0.6) is 0 Å². The first kappa shape index (κ1) is 16.2. The van der Waals surface area contributed by atoms with Crippen LogP contribution in [0, 0.1) is 13.8 Å². The molecule has 0 bridgehead atoms. The van der Waals surface area contributed by atoms with Crippen LogP contribution in [0.3, 0.4) is 0 Å². The van der Waals surface area contributed by atoms with Gasteiger partial charge in [-0.1, -0.05) is 12.1 Å². The predicted octanol–water partition coefficient (Wildman–Crippen LogP) is 0.862. The summed E-state index contributed by atoms with van der Waals surface area (Å²) in [5.74, 6) is -1.03. The van der Waals surface area contributed by atoms with Crippen molar-refractivity contribution in [3.8, 4) is 0 Å². The van der Waals surface area contributed by atoms with Crippen molar-refractivity contribution in [2.75, 3.05) is 11.3 Å². The Bertz CT molecular complexity index is 768. The number of carbonyl (C=O) groups excluding carboxylic acids is 2. The molecular weight excluding hydrogens is 306 g/mol. The maximum atomic E-state index is 12.1. The van der Waals surface area contributed by atoms with Crippen LogP contribution >= 0.6 is 0 Å². The average Bonchev–Trinajstić information content (AvgIpc) is 2.40. The Morgan fingerprint density at radius 1 is 1.27 bits per heavy atom. The predicted molar refractivity (Wildman–Crippen MR) is 83.1 cm³/mol. The molecule has 0 saturated heterocycles. The van der Waals surface area contributed by atoms with Gasteiger partial charge >= 0.3 is 0 Å². The number of nitrogens with one attached hydrogen (secondary N) is 1. The molecule has 1 N–H and O–H groups in total. The monoisotopic (exact) mass is 323 g/mol. The second-order valence-electron chi connectivity index (χ2n) is 5.25. The van der Waals surface area contributed by atoms with Crippen LogP contribution in [0.4, 0.5) is 5.69 Å². The van der Waals surface area contributed by atoms with Gasteiger partial charge in [0.1, 0.15) is 5.71 Å². The lowest BCUT2D eigenvalue weighted by Gasteiger charge is -2.24. The minimum atomic E-state index is -3.67. The van der Waals surface area contributed by atoms with E-state index in [1.807, 2.05) is 30.7 Å². The van der Waals surface area contributed by atoms with Crippen LogP contribution in [0.25, 0.3) is 0 Å². The first-order chi connectivity index (χ1) is 10.2. The van der Waals surface area contributed by atoms with Gasteiger partial charge in [0.05, 0.1) is 11.9 Å². The van der Waals surface area contributed by atoms with Gasteiger partial charge in [-0.3, -0.25) is 9.59 Å². The SMILES string of the molecule is Cc1ccc(C)c(N2N=C(C(=O)NS(C)(=O)=O)CCC2=O)c1. The van der Waals surface area contributed by atoms with E-state index in [1.165, 1.54) is 5.01 Å². The van der Waals surface area contributed by atoms with E-state index in [-0.39, 0.29) is 24.5 Å². The number of sulfonamides is 1. The Kier molecular flexibility index (Phi) is 4.32. The molecule has 0 atom stereocenters. The van der Waals surface area contributed by atoms with E-state index in [4.69, 9.17) is 0 Å². The van der Waals surface area contributed by atoms with Crippen molar-refractivity contribution >= 4 is 33.2 Å². The number of amides is 2.